The lowest BCUT2D eigenvalue weighted by Crippen LogP contribution is -2.51. The van der Waals surface area contributed by atoms with Gasteiger partial charge >= 0.3 is 0 Å². The third-order valence-corrected chi connectivity index (χ3v) is 6.53. The zero-order valence-corrected chi connectivity index (χ0v) is 21.9. The lowest BCUT2D eigenvalue weighted by atomic mass is 10.1. The molecule has 8 nitrogen and oxygen atoms in total. The van der Waals surface area contributed by atoms with Crippen molar-refractivity contribution >= 4 is 27.5 Å². The van der Waals surface area contributed by atoms with Crippen LogP contribution in [0.5, 0.6) is 5.75 Å². The molecule has 35 heavy (non-hydrogen) atoms. The van der Waals surface area contributed by atoms with Crippen molar-refractivity contribution in [3.05, 3.63) is 59.4 Å². The van der Waals surface area contributed by atoms with Gasteiger partial charge < -0.3 is 15.0 Å². The van der Waals surface area contributed by atoms with Gasteiger partial charge in [0.15, 0.2) is 0 Å². The summed E-state index contributed by atoms with van der Waals surface area (Å²) < 4.78 is 45.2. The minimum atomic E-state index is -3.89. The van der Waals surface area contributed by atoms with Gasteiger partial charge in [0, 0.05) is 13.1 Å². The number of benzene rings is 2. The zero-order valence-electron chi connectivity index (χ0n) is 21.0. The highest BCUT2D eigenvalue weighted by atomic mass is 32.2. The molecule has 2 rings (SSSR count). The summed E-state index contributed by atoms with van der Waals surface area (Å²) in [5.41, 5.74) is 1.61. The van der Waals surface area contributed by atoms with E-state index in [9.17, 15) is 22.4 Å². The topological polar surface area (TPSA) is 96.0 Å². The van der Waals surface area contributed by atoms with E-state index in [0.717, 1.165) is 16.1 Å². The summed E-state index contributed by atoms with van der Waals surface area (Å²) in [6.45, 7) is 7.16. The van der Waals surface area contributed by atoms with E-state index in [1.807, 2.05) is 13.8 Å². The fourth-order valence-corrected chi connectivity index (χ4v) is 4.26. The fourth-order valence-electron chi connectivity index (χ4n) is 3.41. The van der Waals surface area contributed by atoms with Gasteiger partial charge in [-0.3, -0.25) is 13.9 Å². The Labute approximate surface area is 207 Å². The smallest absolute Gasteiger partial charge is 0.244 e. The average Bonchev–Trinajstić information content (AvgIpc) is 2.79. The molecule has 0 bridgehead atoms. The molecule has 0 aliphatic rings. The zero-order chi connectivity index (χ0) is 26.3. The number of hydrogen-bond donors (Lipinski definition) is 1. The molecule has 0 saturated heterocycles. The van der Waals surface area contributed by atoms with E-state index in [1.54, 1.807) is 32.0 Å². The largest absolute Gasteiger partial charge is 0.495 e. The Hall–Kier alpha value is -3.14. The number of sulfonamides is 1. The van der Waals surface area contributed by atoms with Gasteiger partial charge in [-0.1, -0.05) is 32.0 Å². The fraction of sp³-hybridized carbons (Fsp3) is 0.440. The number of aryl methyl sites for hydroxylation is 1. The summed E-state index contributed by atoms with van der Waals surface area (Å²) >= 11 is 0. The van der Waals surface area contributed by atoms with Crippen LogP contribution in [0.25, 0.3) is 0 Å². The Morgan fingerprint density at radius 1 is 1.09 bits per heavy atom. The van der Waals surface area contributed by atoms with Gasteiger partial charge in [0.2, 0.25) is 21.8 Å². The van der Waals surface area contributed by atoms with Gasteiger partial charge in [-0.2, -0.15) is 0 Å². The number of amides is 2. The summed E-state index contributed by atoms with van der Waals surface area (Å²) in [6, 6.07) is 9.70. The lowest BCUT2D eigenvalue weighted by Gasteiger charge is -2.32. The second kappa shape index (κ2) is 12.0. The molecule has 0 fully saturated rings. The highest BCUT2D eigenvalue weighted by molar-refractivity contribution is 7.92. The van der Waals surface area contributed by atoms with E-state index >= 15 is 0 Å². The SMILES string of the molecule is COc1ccc(C)cc1N(CC(=O)N(Cc1ccc(F)cc1)C(C)C(=O)NCC(C)C)S(C)(=O)=O. The Bertz CT molecular complexity index is 1140. The number of nitrogens with zero attached hydrogens (tertiary/aromatic N) is 2. The van der Waals surface area contributed by atoms with Gasteiger partial charge in [-0.05, 0) is 55.2 Å². The molecule has 1 atom stereocenters. The normalized spacial score (nSPS) is 12.2. The van der Waals surface area contributed by atoms with Crippen molar-refractivity contribution in [2.45, 2.75) is 40.3 Å². The molecule has 2 aromatic carbocycles. The summed E-state index contributed by atoms with van der Waals surface area (Å²) in [4.78, 5) is 27.7. The number of carbonyl (C=O) groups excluding carboxylic acids is 2. The number of anilines is 1. The highest BCUT2D eigenvalue weighted by Crippen LogP contribution is 2.31. The van der Waals surface area contributed by atoms with E-state index in [-0.39, 0.29) is 24.1 Å². The lowest BCUT2D eigenvalue weighted by molar-refractivity contribution is -0.139. The van der Waals surface area contributed by atoms with Gasteiger partial charge in [0.25, 0.3) is 0 Å². The predicted octanol–water partition coefficient (Wildman–Crippen LogP) is 3.10. The minimum Gasteiger partial charge on any atom is -0.495 e. The Morgan fingerprint density at radius 3 is 2.26 bits per heavy atom. The molecule has 0 radical (unpaired) electrons. The van der Waals surface area contributed by atoms with E-state index in [2.05, 4.69) is 5.32 Å². The van der Waals surface area contributed by atoms with E-state index in [4.69, 9.17) is 4.74 Å². The number of hydrogen-bond acceptors (Lipinski definition) is 5. The van der Waals surface area contributed by atoms with Crippen molar-refractivity contribution < 1.29 is 27.1 Å². The monoisotopic (exact) mass is 507 g/mol. The van der Waals surface area contributed by atoms with Crippen molar-refractivity contribution in [2.24, 2.45) is 5.92 Å². The number of ether oxygens (including phenoxy) is 1. The summed E-state index contributed by atoms with van der Waals surface area (Å²) in [7, 11) is -2.47. The first kappa shape index (κ1) is 28.1. The van der Waals surface area contributed by atoms with E-state index in [0.29, 0.717) is 17.9 Å². The quantitative estimate of drug-likeness (QED) is 0.504. The van der Waals surface area contributed by atoms with Crippen LogP contribution in [-0.2, 0) is 26.2 Å². The Morgan fingerprint density at radius 2 is 1.71 bits per heavy atom. The van der Waals surface area contributed by atoms with Gasteiger partial charge in [0.1, 0.15) is 24.2 Å². The molecular weight excluding hydrogens is 473 g/mol. The molecule has 0 aliphatic carbocycles. The molecule has 1 unspecified atom stereocenters. The molecule has 0 saturated carbocycles. The number of rotatable bonds is 11. The minimum absolute atomic E-state index is 0.00205. The van der Waals surface area contributed by atoms with Crippen molar-refractivity contribution in [3.8, 4) is 5.75 Å². The van der Waals surface area contributed by atoms with Crippen LogP contribution in [0.4, 0.5) is 10.1 Å². The van der Waals surface area contributed by atoms with Crippen molar-refractivity contribution in [1.29, 1.82) is 0 Å². The Balaban J connectivity index is 2.43. The maximum atomic E-state index is 13.5. The summed E-state index contributed by atoms with van der Waals surface area (Å²) in [6.07, 6.45) is 1.01. The summed E-state index contributed by atoms with van der Waals surface area (Å²) in [5.74, 6) is -0.878. The molecule has 0 spiro atoms. The standard InChI is InChI=1S/C25H34FN3O5S/c1-17(2)14-27-25(31)19(4)28(15-20-8-10-21(26)11-9-20)24(30)16-29(35(6,32)33)22-13-18(3)7-12-23(22)34-5/h7-13,17,19H,14-16H2,1-6H3,(H,27,31). The predicted molar refractivity (Wildman–Crippen MR) is 134 cm³/mol. The average molecular weight is 508 g/mol. The highest BCUT2D eigenvalue weighted by Gasteiger charge is 2.31. The second-order valence-corrected chi connectivity index (χ2v) is 10.8. The van der Waals surface area contributed by atoms with Crippen LogP contribution >= 0.6 is 0 Å². The Kier molecular flexibility index (Phi) is 9.64. The van der Waals surface area contributed by atoms with Crippen LogP contribution in [0, 0.1) is 18.7 Å². The third kappa shape index (κ3) is 7.95. The van der Waals surface area contributed by atoms with Crippen LogP contribution in [-0.4, -0.2) is 57.6 Å². The van der Waals surface area contributed by atoms with Crippen LogP contribution in [0.1, 0.15) is 31.9 Å². The van der Waals surface area contributed by atoms with Crippen molar-refractivity contribution in [2.75, 3.05) is 30.8 Å². The van der Waals surface area contributed by atoms with Gasteiger partial charge in [-0.25, -0.2) is 12.8 Å². The van der Waals surface area contributed by atoms with E-state index in [1.165, 1.54) is 36.3 Å². The first-order chi connectivity index (χ1) is 16.3. The van der Waals surface area contributed by atoms with Gasteiger partial charge in [-0.15, -0.1) is 0 Å². The first-order valence-corrected chi connectivity index (χ1v) is 13.1. The van der Waals surface area contributed by atoms with Gasteiger partial charge in [0.05, 0.1) is 19.1 Å². The number of nitrogens with one attached hydrogen (secondary N) is 1. The number of methoxy groups -OCH3 is 1. The van der Waals surface area contributed by atoms with Crippen molar-refractivity contribution in [3.63, 3.8) is 0 Å². The molecule has 0 aromatic heterocycles. The molecule has 1 N–H and O–H groups in total. The number of halogens is 1. The first-order valence-electron chi connectivity index (χ1n) is 11.3. The van der Waals surface area contributed by atoms with Crippen LogP contribution < -0.4 is 14.4 Å². The molecule has 2 amide bonds. The summed E-state index contributed by atoms with van der Waals surface area (Å²) in [5, 5.41) is 2.81. The second-order valence-electron chi connectivity index (χ2n) is 8.91. The molecule has 0 heterocycles. The third-order valence-electron chi connectivity index (χ3n) is 5.40. The molecule has 0 aliphatic heterocycles. The van der Waals surface area contributed by atoms with Crippen LogP contribution in [0.15, 0.2) is 42.5 Å². The maximum absolute atomic E-state index is 13.5. The molecular formula is C25H34FN3O5S. The number of carbonyl (C=O) groups is 2. The van der Waals surface area contributed by atoms with Crippen molar-refractivity contribution in [1.82, 2.24) is 10.2 Å². The molecule has 10 heteroatoms. The van der Waals surface area contributed by atoms with Crippen LogP contribution in [0.3, 0.4) is 0 Å². The maximum Gasteiger partial charge on any atom is 0.244 e. The van der Waals surface area contributed by atoms with E-state index < -0.39 is 34.3 Å². The van der Waals surface area contributed by atoms with Crippen LogP contribution in [0.2, 0.25) is 0 Å². The molecule has 2 aromatic rings. The molecule has 192 valence electrons.